The van der Waals surface area contributed by atoms with E-state index in [2.05, 4.69) is 249 Å². The molecular weight excluding hydrogens is 759 g/mol. The number of aromatic nitrogens is 1. The zero-order valence-electron chi connectivity index (χ0n) is 34.6. The molecule has 0 fully saturated rings. The van der Waals surface area contributed by atoms with Gasteiger partial charge in [-0.1, -0.05) is 212 Å². The van der Waals surface area contributed by atoms with Crippen LogP contribution >= 0.6 is 0 Å². The molecule has 0 spiro atoms. The fourth-order valence-electron chi connectivity index (χ4n) is 10.1. The highest BCUT2D eigenvalue weighted by Gasteiger charge is 2.46. The third-order valence-electron chi connectivity index (χ3n) is 13.1. The summed E-state index contributed by atoms with van der Waals surface area (Å²) in [6.45, 7) is 0. The van der Waals surface area contributed by atoms with Crippen molar-refractivity contribution in [2.75, 3.05) is 0 Å². The first-order valence-corrected chi connectivity index (χ1v) is 21.8. The second-order valence-corrected chi connectivity index (χ2v) is 16.7. The molecule has 1 aliphatic rings. The molecule has 0 amide bonds. The Bertz CT molecular complexity index is 3480. The predicted octanol–water partition coefficient (Wildman–Crippen LogP) is 16.1. The van der Waals surface area contributed by atoms with Crippen molar-refractivity contribution >= 4 is 21.5 Å². The van der Waals surface area contributed by atoms with Crippen LogP contribution in [0.15, 0.2) is 249 Å². The van der Waals surface area contributed by atoms with Gasteiger partial charge in [-0.3, -0.25) is 0 Å². The van der Waals surface area contributed by atoms with E-state index < -0.39 is 5.41 Å². The first-order chi connectivity index (χ1) is 31.2. The van der Waals surface area contributed by atoms with Gasteiger partial charge in [0.15, 0.2) is 0 Å². The van der Waals surface area contributed by atoms with Crippen LogP contribution in [-0.2, 0) is 5.41 Å². The van der Waals surface area contributed by atoms with Crippen LogP contribution < -0.4 is 0 Å². The van der Waals surface area contributed by atoms with Crippen molar-refractivity contribution in [2.45, 2.75) is 5.41 Å². The Labute approximate surface area is 368 Å². The lowest BCUT2D eigenvalue weighted by molar-refractivity contribution is 0.769. The van der Waals surface area contributed by atoms with Crippen LogP contribution in [0.1, 0.15) is 22.3 Å². The number of pyridine rings is 1. The molecule has 10 aromatic carbocycles. The monoisotopic (exact) mass is 799 g/mol. The number of fused-ring (bicyclic) bond motifs is 6. The molecule has 0 saturated carbocycles. The molecule has 1 aromatic heterocycles. The van der Waals surface area contributed by atoms with Gasteiger partial charge in [-0.05, 0) is 125 Å². The molecule has 11 aromatic rings. The summed E-state index contributed by atoms with van der Waals surface area (Å²) in [5.41, 5.74) is 18.2. The molecule has 0 saturated heterocycles. The van der Waals surface area contributed by atoms with Crippen molar-refractivity contribution in [1.82, 2.24) is 4.98 Å². The van der Waals surface area contributed by atoms with Gasteiger partial charge in [0.25, 0.3) is 0 Å². The van der Waals surface area contributed by atoms with Crippen LogP contribution in [0.5, 0.6) is 0 Å². The quantitative estimate of drug-likeness (QED) is 0.156. The number of nitrogens with zero attached hydrogens (tertiary/aromatic N) is 1. The highest BCUT2D eigenvalue weighted by Crippen LogP contribution is 2.58. The Hall–Kier alpha value is -8.13. The molecule has 0 bridgehead atoms. The Kier molecular flexibility index (Phi) is 8.79. The zero-order chi connectivity index (χ0) is 41.7. The summed E-state index contributed by atoms with van der Waals surface area (Å²) in [6, 6.07) is 90.9. The molecule has 1 heterocycles. The first-order valence-electron chi connectivity index (χ1n) is 21.8. The lowest BCUT2D eigenvalue weighted by Crippen LogP contribution is -2.28. The standard InChI is InChI=1S/C62H41N/c1-4-16-42(17-5-1)49-37-50(39-52(38-49)60-41-51(40-59(63-60)46-20-6-2-7-21-46)48-29-28-43-18-10-11-22-47(43)36-48)44-30-33-54(34-31-44)62(53-23-8-3-9-24-53)57-27-15-14-26-56(57)61-55-25-13-12-19-45(55)32-35-58(61)62/h1-41H. The third kappa shape index (κ3) is 6.20. The number of hydrogen-bond donors (Lipinski definition) is 0. The molecule has 1 heteroatoms. The number of rotatable bonds is 7. The molecule has 0 aliphatic heterocycles. The van der Waals surface area contributed by atoms with Gasteiger partial charge in [-0.25, -0.2) is 4.98 Å². The second kappa shape index (κ2) is 15.1. The van der Waals surface area contributed by atoms with Crippen LogP contribution in [0, 0.1) is 0 Å². The maximum Gasteiger partial charge on any atom is 0.0716 e. The molecule has 0 N–H and O–H groups in total. The van der Waals surface area contributed by atoms with Gasteiger partial charge in [-0.2, -0.15) is 0 Å². The summed E-state index contributed by atoms with van der Waals surface area (Å²) >= 11 is 0. The fourth-order valence-corrected chi connectivity index (χ4v) is 10.1. The van der Waals surface area contributed by atoms with E-state index >= 15 is 0 Å². The van der Waals surface area contributed by atoms with Gasteiger partial charge in [0.05, 0.1) is 16.8 Å². The summed E-state index contributed by atoms with van der Waals surface area (Å²) in [6.07, 6.45) is 0. The molecule has 12 rings (SSSR count). The summed E-state index contributed by atoms with van der Waals surface area (Å²) in [5.74, 6) is 0. The molecule has 1 unspecified atom stereocenters. The first kappa shape index (κ1) is 36.7. The Morgan fingerprint density at radius 1 is 0.270 bits per heavy atom. The van der Waals surface area contributed by atoms with Crippen molar-refractivity contribution in [3.8, 4) is 67.0 Å². The van der Waals surface area contributed by atoms with Crippen molar-refractivity contribution in [3.63, 3.8) is 0 Å². The minimum Gasteiger partial charge on any atom is -0.248 e. The van der Waals surface area contributed by atoms with Gasteiger partial charge < -0.3 is 0 Å². The van der Waals surface area contributed by atoms with Gasteiger partial charge in [0, 0.05) is 11.1 Å². The van der Waals surface area contributed by atoms with E-state index in [1.54, 1.807) is 0 Å². The maximum absolute atomic E-state index is 5.40. The average molecular weight is 800 g/mol. The summed E-state index contributed by atoms with van der Waals surface area (Å²) in [5, 5.41) is 5.00. The second-order valence-electron chi connectivity index (χ2n) is 16.7. The number of hydrogen-bond acceptors (Lipinski definition) is 1. The Morgan fingerprint density at radius 2 is 0.778 bits per heavy atom. The van der Waals surface area contributed by atoms with Gasteiger partial charge >= 0.3 is 0 Å². The van der Waals surface area contributed by atoms with E-state index in [1.807, 2.05) is 0 Å². The zero-order valence-corrected chi connectivity index (χ0v) is 34.6. The van der Waals surface area contributed by atoms with Crippen molar-refractivity contribution in [1.29, 1.82) is 0 Å². The predicted molar refractivity (Wildman–Crippen MR) is 264 cm³/mol. The van der Waals surface area contributed by atoms with Crippen LogP contribution in [0.4, 0.5) is 0 Å². The largest absolute Gasteiger partial charge is 0.248 e. The highest BCUT2D eigenvalue weighted by atomic mass is 14.7. The SMILES string of the molecule is c1ccc(-c2cc(-c3ccc(C4(c5ccccc5)c5ccccc5-c5c4ccc4ccccc54)cc3)cc(-c3cc(-c4ccc5ccccc5c4)cc(-c4ccccc4)n3)c2)cc1. The third-order valence-corrected chi connectivity index (χ3v) is 13.1. The molecule has 1 atom stereocenters. The van der Waals surface area contributed by atoms with Crippen LogP contribution in [-0.4, -0.2) is 4.98 Å². The topological polar surface area (TPSA) is 12.9 Å². The molecular formula is C62H41N. The Balaban J connectivity index is 1.04. The van der Waals surface area contributed by atoms with E-state index in [-0.39, 0.29) is 0 Å². The van der Waals surface area contributed by atoms with E-state index in [0.717, 1.165) is 44.8 Å². The smallest absolute Gasteiger partial charge is 0.0716 e. The van der Waals surface area contributed by atoms with Crippen LogP contribution in [0.25, 0.3) is 88.6 Å². The van der Waals surface area contributed by atoms with E-state index in [1.165, 1.54) is 66.1 Å². The number of benzene rings is 10. The lowest BCUT2D eigenvalue weighted by Gasteiger charge is -2.34. The van der Waals surface area contributed by atoms with E-state index in [9.17, 15) is 0 Å². The minimum atomic E-state index is -0.492. The van der Waals surface area contributed by atoms with Crippen LogP contribution in [0.3, 0.4) is 0 Å². The minimum absolute atomic E-state index is 0.492. The molecule has 294 valence electrons. The van der Waals surface area contributed by atoms with E-state index in [4.69, 9.17) is 4.98 Å². The molecule has 63 heavy (non-hydrogen) atoms. The fraction of sp³-hybridized carbons (Fsp3) is 0.0161. The van der Waals surface area contributed by atoms with E-state index in [0.29, 0.717) is 0 Å². The molecule has 1 aliphatic carbocycles. The van der Waals surface area contributed by atoms with Crippen molar-refractivity contribution in [2.24, 2.45) is 0 Å². The van der Waals surface area contributed by atoms with Crippen LogP contribution in [0.2, 0.25) is 0 Å². The summed E-state index contributed by atoms with van der Waals surface area (Å²) in [4.78, 5) is 5.40. The van der Waals surface area contributed by atoms with Crippen molar-refractivity contribution in [3.05, 3.63) is 271 Å². The van der Waals surface area contributed by atoms with Crippen molar-refractivity contribution < 1.29 is 0 Å². The highest BCUT2D eigenvalue weighted by molar-refractivity contribution is 6.04. The molecule has 1 nitrogen and oxygen atoms in total. The van der Waals surface area contributed by atoms with Gasteiger partial charge in [0.1, 0.15) is 0 Å². The maximum atomic E-state index is 5.40. The average Bonchev–Trinajstić information content (AvgIpc) is 3.68. The van der Waals surface area contributed by atoms with Gasteiger partial charge in [-0.15, -0.1) is 0 Å². The lowest BCUT2D eigenvalue weighted by atomic mass is 9.67. The van der Waals surface area contributed by atoms with Gasteiger partial charge in [0.2, 0.25) is 0 Å². The summed E-state index contributed by atoms with van der Waals surface area (Å²) in [7, 11) is 0. The molecule has 0 radical (unpaired) electrons. The Morgan fingerprint density at radius 3 is 1.52 bits per heavy atom. The normalized spacial score (nSPS) is 14.1. The summed E-state index contributed by atoms with van der Waals surface area (Å²) < 4.78 is 0.